The number of rotatable bonds is 8. The van der Waals surface area contributed by atoms with Crippen LogP contribution in [0.5, 0.6) is 0 Å². The van der Waals surface area contributed by atoms with E-state index in [1.54, 1.807) is 53.9 Å². The molecule has 0 unspecified atom stereocenters. The van der Waals surface area contributed by atoms with Crippen molar-refractivity contribution in [2.75, 3.05) is 11.5 Å². The summed E-state index contributed by atoms with van der Waals surface area (Å²) in [6, 6.07) is 32.1. The minimum Gasteiger partial charge on any atom is -0.443 e. The van der Waals surface area contributed by atoms with Crippen molar-refractivity contribution in [2.24, 2.45) is 0 Å². The first-order valence-corrected chi connectivity index (χ1v) is 18.5. The maximum absolute atomic E-state index is 13.6. The van der Waals surface area contributed by atoms with Crippen molar-refractivity contribution in [3.63, 3.8) is 0 Å². The van der Waals surface area contributed by atoms with Gasteiger partial charge in [-0.15, -0.1) is 0 Å². The first-order valence-electron chi connectivity index (χ1n) is 18.5. The van der Waals surface area contributed by atoms with E-state index in [0.29, 0.717) is 11.0 Å². The van der Waals surface area contributed by atoms with E-state index in [4.69, 9.17) is 28.7 Å². The van der Waals surface area contributed by atoms with Crippen LogP contribution in [0.2, 0.25) is 0 Å². The topological polar surface area (TPSA) is 114 Å². The maximum atomic E-state index is 13.6. The van der Waals surface area contributed by atoms with Gasteiger partial charge in [-0.25, -0.2) is 19.6 Å². The summed E-state index contributed by atoms with van der Waals surface area (Å²) in [7, 11) is 0. The highest BCUT2D eigenvalue weighted by molar-refractivity contribution is 6.12. The number of fused-ring (bicyclic) bond motifs is 2. The fourth-order valence-electron chi connectivity index (χ4n) is 7.27. The van der Waals surface area contributed by atoms with Crippen LogP contribution in [0.1, 0.15) is 78.1 Å². The zero-order valence-electron chi connectivity index (χ0n) is 32.6. The Bertz CT molecular complexity index is 2060. The molecule has 2 aliphatic rings. The molecule has 5 aromatic rings. The number of pyridine rings is 1. The zero-order chi connectivity index (χ0) is 39.2. The molecule has 11 nitrogen and oxygen atoms in total. The van der Waals surface area contributed by atoms with Crippen LogP contribution in [0.4, 0.5) is 15.4 Å². The Morgan fingerprint density at radius 3 is 1.75 bits per heavy atom. The van der Waals surface area contributed by atoms with Gasteiger partial charge in [-0.05, 0) is 83.7 Å². The summed E-state index contributed by atoms with van der Waals surface area (Å²) in [6.45, 7) is 14.4. The second-order valence-electron chi connectivity index (χ2n) is 16.3. The van der Waals surface area contributed by atoms with Crippen LogP contribution in [0.25, 0.3) is 11.0 Å². The van der Waals surface area contributed by atoms with Crippen LogP contribution in [0.3, 0.4) is 0 Å². The predicted octanol–water partition coefficient (Wildman–Crippen LogP) is 9.12. The molecule has 0 saturated carbocycles. The summed E-state index contributed by atoms with van der Waals surface area (Å²) in [5, 5.41) is 0. The number of imidazole rings is 1. The van der Waals surface area contributed by atoms with Gasteiger partial charge in [0.15, 0.2) is 11.6 Å². The third kappa shape index (κ3) is 7.65. The minimum atomic E-state index is -0.942. The van der Waals surface area contributed by atoms with Crippen LogP contribution in [0, 0.1) is 0 Å². The quantitative estimate of drug-likeness (QED) is 0.113. The molecule has 7 rings (SSSR count). The minimum absolute atomic E-state index is 0.0101. The average molecular weight is 745 g/mol. The Kier molecular flexibility index (Phi) is 9.91. The third-order valence-electron chi connectivity index (χ3n) is 9.37. The molecule has 3 atom stereocenters. The Labute approximate surface area is 321 Å². The predicted molar refractivity (Wildman–Crippen MR) is 209 cm³/mol. The number of benzene rings is 3. The van der Waals surface area contributed by atoms with Crippen LogP contribution >= 0.6 is 0 Å². The lowest BCUT2D eigenvalue weighted by Gasteiger charge is -2.36. The standard InChI is InChI=1S/C44H48N4O7/c1-41(2,3)54-39(49)48(40(50)55-42(4,5)6)38-35-33(24-25-45-38)47(28-46-35)34-26-29(36-37(34)53-43(7,8)52-36)27-51-44(30-18-12-9-13-19-30,31-20-14-10-15-21-31)32-22-16-11-17-23-32/h9-26,28,34,36-37H,27H2,1-8H3/t34-,36-,37+/m1/s1. The van der Waals surface area contributed by atoms with E-state index in [9.17, 15) is 9.59 Å². The lowest BCUT2D eigenvalue weighted by Crippen LogP contribution is -2.44. The van der Waals surface area contributed by atoms with Crippen molar-refractivity contribution >= 4 is 29.0 Å². The second kappa shape index (κ2) is 14.4. The molecule has 11 heteroatoms. The molecular weight excluding hydrogens is 697 g/mol. The highest BCUT2D eigenvalue weighted by atomic mass is 16.8. The number of nitrogens with zero attached hydrogens (tertiary/aromatic N) is 4. The fourth-order valence-corrected chi connectivity index (χ4v) is 7.27. The Morgan fingerprint density at radius 1 is 0.745 bits per heavy atom. The first-order chi connectivity index (χ1) is 26.1. The van der Waals surface area contributed by atoms with Gasteiger partial charge in [0, 0.05) is 6.20 Å². The van der Waals surface area contributed by atoms with Gasteiger partial charge >= 0.3 is 12.2 Å². The number of anilines is 1. The first kappa shape index (κ1) is 37.9. The molecule has 286 valence electrons. The monoisotopic (exact) mass is 744 g/mol. The molecule has 0 N–H and O–H groups in total. The van der Waals surface area contributed by atoms with Gasteiger partial charge in [-0.2, -0.15) is 4.90 Å². The van der Waals surface area contributed by atoms with E-state index >= 15 is 0 Å². The number of hydrogen-bond donors (Lipinski definition) is 0. The van der Waals surface area contributed by atoms with Crippen molar-refractivity contribution in [3.8, 4) is 0 Å². The average Bonchev–Trinajstić information content (AvgIpc) is 3.79. The summed E-state index contributed by atoms with van der Waals surface area (Å²) in [4.78, 5) is 37.1. The van der Waals surface area contributed by atoms with Gasteiger partial charge in [0.05, 0.1) is 24.5 Å². The molecule has 3 heterocycles. The summed E-state index contributed by atoms with van der Waals surface area (Å²) >= 11 is 0. The normalized spacial score (nSPS) is 19.5. The van der Waals surface area contributed by atoms with Gasteiger partial charge < -0.3 is 28.3 Å². The van der Waals surface area contributed by atoms with Crippen LogP contribution in [-0.4, -0.2) is 62.5 Å². The molecule has 1 aliphatic heterocycles. The van der Waals surface area contributed by atoms with Gasteiger partial charge in [-0.3, -0.25) is 0 Å². The van der Waals surface area contributed by atoms with Gasteiger partial charge in [0.25, 0.3) is 0 Å². The molecular formula is C44H48N4O7. The number of carbonyl (C=O) groups excluding carboxylic acids is 2. The van der Waals surface area contributed by atoms with E-state index in [-0.39, 0.29) is 18.5 Å². The molecule has 0 bridgehead atoms. The second-order valence-corrected chi connectivity index (χ2v) is 16.3. The van der Waals surface area contributed by atoms with Crippen molar-refractivity contribution < 1.29 is 33.3 Å². The Morgan fingerprint density at radius 2 is 1.25 bits per heavy atom. The lowest BCUT2D eigenvalue weighted by atomic mass is 9.80. The summed E-state index contributed by atoms with van der Waals surface area (Å²) in [6.07, 6.45) is 2.58. The van der Waals surface area contributed by atoms with Gasteiger partial charge in [0.2, 0.25) is 0 Å². The molecule has 1 saturated heterocycles. The number of aromatic nitrogens is 3. The molecule has 2 aromatic heterocycles. The molecule has 1 fully saturated rings. The van der Waals surface area contributed by atoms with E-state index in [0.717, 1.165) is 27.2 Å². The molecule has 0 spiro atoms. The molecule has 55 heavy (non-hydrogen) atoms. The van der Waals surface area contributed by atoms with Crippen LogP contribution in [-0.2, 0) is 29.3 Å². The molecule has 2 amide bonds. The number of imide groups is 1. The summed E-state index contributed by atoms with van der Waals surface area (Å²) < 4.78 is 33.6. The highest BCUT2D eigenvalue weighted by Gasteiger charge is 2.52. The van der Waals surface area contributed by atoms with E-state index in [1.165, 1.54) is 6.20 Å². The van der Waals surface area contributed by atoms with Gasteiger partial charge in [0.1, 0.15) is 34.5 Å². The largest absolute Gasteiger partial charge is 0.443 e. The van der Waals surface area contributed by atoms with E-state index < -0.39 is 47.0 Å². The zero-order valence-corrected chi connectivity index (χ0v) is 32.6. The summed E-state index contributed by atoms with van der Waals surface area (Å²) in [5.41, 5.74) is 2.08. The lowest BCUT2D eigenvalue weighted by molar-refractivity contribution is -0.148. The third-order valence-corrected chi connectivity index (χ3v) is 9.37. The molecule has 1 aliphatic carbocycles. The van der Waals surface area contributed by atoms with Crippen molar-refractivity contribution in [1.82, 2.24) is 14.5 Å². The van der Waals surface area contributed by atoms with Crippen molar-refractivity contribution in [1.29, 1.82) is 0 Å². The SMILES string of the molecule is CC(C)(C)OC(=O)N(C(=O)OC(C)(C)C)c1nccc2c1ncn2[C@@H]1C=C(COC(c2ccccc2)(c2ccccc2)c2ccccc2)[C@H]2OC(C)(C)O[C@H]21. The van der Waals surface area contributed by atoms with Crippen LogP contribution in [0.15, 0.2) is 121 Å². The van der Waals surface area contributed by atoms with E-state index in [2.05, 4.69) is 47.5 Å². The van der Waals surface area contributed by atoms with E-state index in [1.807, 2.05) is 73.0 Å². The molecule has 3 aromatic carbocycles. The van der Waals surface area contributed by atoms with Crippen LogP contribution < -0.4 is 4.90 Å². The smallest absolute Gasteiger partial charge is 0.425 e. The Balaban J connectivity index is 1.30. The number of carbonyl (C=O) groups is 2. The van der Waals surface area contributed by atoms with Gasteiger partial charge in [-0.1, -0.05) is 97.1 Å². The Hall–Kier alpha value is -5.36. The van der Waals surface area contributed by atoms with Crippen molar-refractivity contribution in [3.05, 3.63) is 138 Å². The summed E-state index contributed by atoms with van der Waals surface area (Å²) in [5.74, 6) is -0.889. The fraction of sp³-hybridized carbons (Fsp3) is 0.364. The number of amides is 2. The van der Waals surface area contributed by atoms with Crippen molar-refractivity contribution in [2.45, 2.75) is 96.2 Å². The molecule has 0 radical (unpaired) electrons. The number of ether oxygens (including phenoxy) is 5. The maximum Gasteiger partial charge on any atom is 0.425 e. The highest BCUT2D eigenvalue weighted by Crippen LogP contribution is 2.47. The number of hydrogen-bond acceptors (Lipinski definition) is 9.